The first-order valence-corrected chi connectivity index (χ1v) is 8.89. The van der Waals surface area contributed by atoms with E-state index in [1.807, 2.05) is 73.3 Å². The fraction of sp³-hybridized carbons (Fsp3) is 0.0952. The number of amides is 2. The molecule has 0 unspecified atom stereocenters. The molecule has 6 heteroatoms. The number of nitrogens with one attached hydrogen (secondary N) is 1. The van der Waals surface area contributed by atoms with Gasteiger partial charge in [0.1, 0.15) is 5.57 Å². The number of benzene rings is 2. The summed E-state index contributed by atoms with van der Waals surface area (Å²) in [5.41, 5.74) is 3.59. The van der Waals surface area contributed by atoms with E-state index in [1.165, 1.54) is 4.90 Å². The Morgan fingerprint density at radius 1 is 1.04 bits per heavy atom. The average Bonchev–Trinajstić information content (AvgIpc) is 2.96. The molecule has 1 aliphatic rings. The van der Waals surface area contributed by atoms with Gasteiger partial charge in [0.05, 0.1) is 5.69 Å². The molecule has 4 rings (SSSR count). The summed E-state index contributed by atoms with van der Waals surface area (Å²) in [5.74, 6) is -0.915. The molecule has 1 saturated heterocycles. The number of para-hydroxylation sites is 1. The number of hydrogen-bond acceptors (Lipinski definition) is 3. The zero-order chi connectivity index (χ0) is 19.1. The van der Waals surface area contributed by atoms with Crippen LogP contribution in [-0.2, 0) is 16.6 Å². The minimum atomic E-state index is -0.485. The lowest BCUT2D eigenvalue weighted by atomic mass is 10.1. The van der Waals surface area contributed by atoms with Gasteiger partial charge < -0.3 is 4.57 Å². The van der Waals surface area contributed by atoms with Gasteiger partial charge in [-0.25, -0.2) is 0 Å². The molecule has 0 radical (unpaired) electrons. The summed E-state index contributed by atoms with van der Waals surface area (Å²) < 4.78 is 1.97. The van der Waals surface area contributed by atoms with Crippen LogP contribution in [0.4, 0.5) is 5.69 Å². The fourth-order valence-electron chi connectivity index (χ4n) is 3.23. The minimum Gasteiger partial charge on any atom is -0.350 e. The van der Waals surface area contributed by atoms with E-state index in [1.54, 1.807) is 6.08 Å². The molecule has 2 amide bonds. The highest BCUT2D eigenvalue weighted by Gasteiger charge is 2.34. The van der Waals surface area contributed by atoms with Crippen LogP contribution >= 0.6 is 12.2 Å². The number of carbonyl (C=O) groups excluding carboxylic acids is 2. The monoisotopic (exact) mass is 375 g/mol. The van der Waals surface area contributed by atoms with Gasteiger partial charge in [0.25, 0.3) is 11.8 Å². The standard InChI is InChI=1S/C21H17N3O2S/c1-13-7-9-15(10-8-13)24-20(26)17(19(25)22-21(24)27)11-14-12-23(2)18-6-4-3-5-16(14)18/h3-12H,1-2H3,(H,22,25,27)/b17-11-. The predicted molar refractivity (Wildman–Crippen MR) is 110 cm³/mol. The maximum atomic E-state index is 13.1. The van der Waals surface area contributed by atoms with Gasteiger partial charge in [-0.05, 0) is 43.4 Å². The summed E-state index contributed by atoms with van der Waals surface area (Å²) in [6.07, 6.45) is 3.53. The van der Waals surface area contributed by atoms with Crippen LogP contribution < -0.4 is 10.2 Å². The number of aryl methyl sites for hydroxylation is 2. The molecule has 2 heterocycles. The molecule has 2 aromatic carbocycles. The highest BCUT2D eigenvalue weighted by molar-refractivity contribution is 7.80. The Morgan fingerprint density at radius 3 is 2.48 bits per heavy atom. The average molecular weight is 375 g/mol. The third-order valence-electron chi connectivity index (χ3n) is 4.62. The number of fused-ring (bicyclic) bond motifs is 1. The van der Waals surface area contributed by atoms with Crippen LogP contribution in [-0.4, -0.2) is 21.5 Å². The SMILES string of the molecule is Cc1ccc(N2C(=O)/C(=C\c3cn(C)c4ccccc34)C(=O)NC2=S)cc1. The molecular weight excluding hydrogens is 358 g/mol. The number of aromatic nitrogens is 1. The smallest absolute Gasteiger partial charge is 0.270 e. The Hall–Kier alpha value is -3.25. The molecule has 0 saturated carbocycles. The van der Waals surface area contributed by atoms with E-state index in [-0.39, 0.29) is 10.7 Å². The first-order valence-electron chi connectivity index (χ1n) is 8.48. The molecule has 1 fully saturated rings. The molecule has 5 nitrogen and oxygen atoms in total. The maximum Gasteiger partial charge on any atom is 0.270 e. The highest BCUT2D eigenvalue weighted by atomic mass is 32.1. The second kappa shape index (κ2) is 6.48. The van der Waals surface area contributed by atoms with Gasteiger partial charge in [-0.3, -0.25) is 19.8 Å². The Labute approximate surface area is 161 Å². The van der Waals surface area contributed by atoms with Crippen LogP contribution in [0.5, 0.6) is 0 Å². The molecular formula is C21H17N3O2S. The molecule has 27 heavy (non-hydrogen) atoms. The van der Waals surface area contributed by atoms with Crippen molar-refractivity contribution in [1.82, 2.24) is 9.88 Å². The maximum absolute atomic E-state index is 13.1. The summed E-state index contributed by atoms with van der Waals surface area (Å²) in [5, 5.41) is 3.68. The van der Waals surface area contributed by atoms with Crippen LogP contribution in [0, 0.1) is 6.92 Å². The molecule has 3 aromatic rings. The van der Waals surface area contributed by atoms with Crippen LogP contribution in [0.3, 0.4) is 0 Å². The molecule has 1 aromatic heterocycles. The van der Waals surface area contributed by atoms with E-state index in [9.17, 15) is 9.59 Å². The van der Waals surface area contributed by atoms with Gasteiger partial charge in [0, 0.05) is 29.7 Å². The summed E-state index contributed by atoms with van der Waals surface area (Å²) in [6, 6.07) is 15.3. The summed E-state index contributed by atoms with van der Waals surface area (Å²) in [6.45, 7) is 1.97. The van der Waals surface area contributed by atoms with Crippen molar-refractivity contribution in [3.05, 3.63) is 71.4 Å². The van der Waals surface area contributed by atoms with Gasteiger partial charge in [-0.1, -0.05) is 35.9 Å². The number of nitrogens with zero attached hydrogens (tertiary/aromatic N) is 2. The van der Waals surface area contributed by atoms with Gasteiger partial charge in [-0.15, -0.1) is 0 Å². The van der Waals surface area contributed by atoms with Crippen molar-refractivity contribution in [2.45, 2.75) is 6.92 Å². The van der Waals surface area contributed by atoms with Crippen molar-refractivity contribution in [3.63, 3.8) is 0 Å². The first-order chi connectivity index (χ1) is 13.0. The lowest BCUT2D eigenvalue weighted by Gasteiger charge is -2.29. The third-order valence-corrected chi connectivity index (χ3v) is 4.91. The number of thiocarbonyl (C=S) groups is 1. The lowest BCUT2D eigenvalue weighted by molar-refractivity contribution is -0.122. The van der Waals surface area contributed by atoms with E-state index in [0.29, 0.717) is 5.69 Å². The largest absolute Gasteiger partial charge is 0.350 e. The highest BCUT2D eigenvalue weighted by Crippen LogP contribution is 2.26. The van der Waals surface area contributed by atoms with Crippen LogP contribution in [0.15, 0.2) is 60.3 Å². The summed E-state index contributed by atoms with van der Waals surface area (Å²) in [7, 11) is 1.93. The first kappa shape index (κ1) is 17.2. The van der Waals surface area contributed by atoms with Crippen LogP contribution in [0.1, 0.15) is 11.1 Å². The van der Waals surface area contributed by atoms with Crippen molar-refractivity contribution in [2.75, 3.05) is 4.90 Å². The predicted octanol–water partition coefficient (Wildman–Crippen LogP) is 3.32. The molecule has 0 atom stereocenters. The van der Waals surface area contributed by atoms with Gasteiger partial charge in [0.2, 0.25) is 0 Å². The zero-order valence-electron chi connectivity index (χ0n) is 14.9. The van der Waals surface area contributed by atoms with Crippen molar-refractivity contribution in [3.8, 4) is 0 Å². The van der Waals surface area contributed by atoms with E-state index < -0.39 is 11.8 Å². The lowest BCUT2D eigenvalue weighted by Crippen LogP contribution is -2.54. The number of rotatable bonds is 2. The fourth-order valence-corrected chi connectivity index (χ4v) is 3.51. The van der Waals surface area contributed by atoms with E-state index in [2.05, 4.69) is 5.32 Å². The molecule has 0 bridgehead atoms. The number of carbonyl (C=O) groups is 2. The molecule has 1 aliphatic heterocycles. The Morgan fingerprint density at radius 2 is 1.74 bits per heavy atom. The topological polar surface area (TPSA) is 54.3 Å². The number of hydrogen-bond donors (Lipinski definition) is 1. The van der Waals surface area contributed by atoms with E-state index in [0.717, 1.165) is 22.0 Å². The zero-order valence-corrected chi connectivity index (χ0v) is 15.7. The van der Waals surface area contributed by atoms with Crippen LogP contribution in [0.25, 0.3) is 17.0 Å². The second-order valence-electron chi connectivity index (χ2n) is 6.51. The van der Waals surface area contributed by atoms with Crippen LogP contribution in [0.2, 0.25) is 0 Å². The molecule has 134 valence electrons. The number of anilines is 1. The second-order valence-corrected chi connectivity index (χ2v) is 6.89. The Bertz CT molecular complexity index is 1130. The van der Waals surface area contributed by atoms with Gasteiger partial charge in [-0.2, -0.15) is 0 Å². The molecule has 0 spiro atoms. The normalized spacial score (nSPS) is 16.3. The third kappa shape index (κ3) is 2.94. The minimum absolute atomic E-state index is 0.0560. The summed E-state index contributed by atoms with van der Waals surface area (Å²) in [4.78, 5) is 26.9. The van der Waals surface area contributed by atoms with E-state index in [4.69, 9.17) is 12.2 Å². The van der Waals surface area contributed by atoms with Gasteiger partial charge in [0.15, 0.2) is 5.11 Å². The quantitative estimate of drug-likeness (QED) is 0.425. The van der Waals surface area contributed by atoms with Crippen molar-refractivity contribution < 1.29 is 9.59 Å². The molecule has 0 aliphatic carbocycles. The Balaban J connectivity index is 1.80. The van der Waals surface area contributed by atoms with E-state index >= 15 is 0 Å². The van der Waals surface area contributed by atoms with Crippen molar-refractivity contribution in [1.29, 1.82) is 0 Å². The summed E-state index contributed by atoms with van der Waals surface area (Å²) >= 11 is 5.24. The van der Waals surface area contributed by atoms with Crippen molar-refractivity contribution in [2.24, 2.45) is 7.05 Å². The van der Waals surface area contributed by atoms with Gasteiger partial charge >= 0.3 is 0 Å². The van der Waals surface area contributed by atoms with Crippen molar-refractivity contribution >= 4 is 51.8 Å². The molecule has 1 N–H and O–H groups in total. The Kier molecular flexibility index (Phi) is 4.12.